The summed E-state index contributed by atoms with van der Waals surface area (Å²) in [5.41, 5.74) is 3.66. The number of benzene rings is 2. The molecule has 0 fully saturated rings. The van der Waals surface area contributed by atoms with Crippen LogP contribution in [0.15, 0.2) is 70.7 Å². The number of nitrogens with one attached hydrogen (secondary N) is 1. The Balaban J connectivity index is 1.29. The van der Waals surface area contributed by atoms with Crippen molar-refractivity contribution in [1.29, 1.82) is 0 Å². The number of amides is 1. The first kappa shape index (κ1) is 21.5. The van der Waals surface area contributed by atoms with Gasteiger partial charge in [0, 0.05) is 18.7 Å². The molecule has 3 heterocycles. The Kier molecular flexibility index (Phi) is 6.00. The third kappa shape index (κ3) is 4.43. The van der Waals surface area contributed by atoms with Crippen molar-refractivity contribution in [3.8, 4) is 5.69 Å². The lowest BCUT2D eigenvalue weighted by molar-refractivity contribution is -0.121. The molecule has 0 saturated carbocycles. The summed E-state index contributed by atoms with van der Waals surface area (Å²) >= 11 is 1.51. The topological polar surface area (TPSA) is 81.8 Å². The molecule has 8 heteroatoms. The molecule has 1 aliphatic heterocycles. The van der Waals surface area contributed by atoms with E-state index in [1.54, 1.807) is 15.4 Å². The number of fused-ring (bicyclic) bond motifs is 2. The highest BCUT2D eigenvalue weighted by Crippen LogP contribution is 2.33. The normalized spacial score (nSPS) is 15.0. The summed E-state index contributed by atoms with van der Waals surface area (Å²) in [4.78, 5) is 30.6. The summed E-state index contributed by atoms with van der Waals surface area (Å²) in [6.07, 6.45) is 3.65. The molecule has 33 heavy (non-hydrogen) atoms. The fraction of sp³-hybridized carbons (Fsp3) is 0.280. The molecule has 7 nitrogen and oxygen atoms in total. The van der Waals surface area contributed by atoms with Gasteiger partial charge in [-0.15, -0.1) is 0 Å². The number of thioether (sulfide) groups is 1. The highest BCUT2D eigenvalue weighted by atomic mass is 32.2. The molecule has 2 aromatic heterocycles. The van der Waals surface area contributed by atoms with E-state index in [1.165, 1.54) is 17.3 Å². The molecule has 1 aliphatic rings. The maximum Gasteiger partial charge on any atom is 0.265 e. The standard InChI is InChI=1S/C25H25N5O2S/c1-17-7-5-11-19(13-17)30-23-21(15-27-30)24(32)29-20(16-33-25(29)28-23)14-22(31)26-12-6-10-18-8-3-2-4-9-18/h2-5,7-9,11,13,15,20H,6,10,12,14,16H2,1H3,(H,26,31). The number of aryl methyl sites for hydroxylation is 2. The molecular weight excluding hydrogens is 434 g/mol. The molecule has 168 valence electrons. The number of carbonyl (C=O) groups is 1. The van der Waals surface area contributed by atoms with Crippen molar-refractivity contribution in [2.75, 3.05) is 12.3 Å². The second kappa shape index (κ2) is 9.23. The predicted octanol–water partition coefficient (Wildman–Crippen LogP) is 3.68. The van der Waals surface area contributed by atoms with E-state index in [2.05, 4.69) is 22.5 Å². The van der Waals surface area contributed by atoms with E-state index in [1.807, 2.05) is 49.4 Å². The summed E-state index contributed by atoms with van der Waals surface area (Å²) in [6.45, 7) is 2.64. The van der Waals surface area contributed by atoms with Gasteiger partial charge in [0.2, 0.25) is 5.91 Å². The monoisotopic (exact) mass is 459 g/mol. The van der Waals surface area contributed by atoms with Crippen molar-refractivity contribution in [3.63, 3.8) is 0 Å². The van der Waals surface area contributed by atoms with Gasteiger partial charge in [-0.2, -0.15) is 5.10 Å². The Morgan fingerprint density at radius 2 is 2.03 bits per heavy atom. The lowest BCUT2D eigenvalue weighted by atomic mass is 10.1. The highest BCUT2D eigenvalue weighted by molar-refractivity contribution is 7.99. The van der Waals surface area contributed by atoms with Gasteiger partial charge in [-0.3, -0.25) is 14.2 Å². The van der Waals surface area contributed by atoms with E-state index in [0.29, 0.717) is 28.5 Å². The van der Waals surface area contributed by atoms with Crippen LogP contribution in [0.3, 0.4) is 0 Å². The minimum absolute atomic E-state index is 0.0380. The number of rotatable bonds is 7. The number of nitrogens with zero attached hydrogens (tertiary/aromatic N) is 4. The molecule has 0 saturated heterocycles. The smallest absolute Gasteiger partial charge is 0.265 e. The molecule has 5 rings (SSSR count). The number of hydrogen-bond donors (Lipinski definition) is 1. The van der Waals surface area contributed by atoms with E-state index in [4.69, 9.17) is 4.98 Å². The molecule has 0 radical (unpaired) electrons. The molecule has 1 amide bonds. The summed E-state index contributed by atoms with van der Waals surface area (Å²) in [6, 6.07) is 18.0. The number of carbonyl (C=O) groups excluding carboxylic acids is 1. The zero-order chi connectivity index (χ0) is 22.8. The van der Waals surface area contributed by atoms with E-state index in [0.717, 1.165) is 24.1 Å². The zero-order valence-corrected chi connectivity index (χ0v) is 19.2. The van der Waals surface area contributed by atoms with Gasteiger partial charge in [0.15, 0.2) is 10.8 Å². The Morgan fingerprint density at radius 3 is 2.85 bits per heavy atom. The zero-order valence-electron chi connectivity index (χ0n) is 18.4. The van der Waals surface area contributed by atoms with Gasteiger partial charge in [0.25, 0.3) is 5.56 Å². The summed E-state index contributed by atoms with van der Waals surface area (Å²) in [7, 11) is 0. The second-order valence-electron chi connectivity index (χ2n) is 8.31. The van der Waals surface area contributed by atoms with Gasteiger partial charge in [-0.1, -0.05) is 54.2 Å². The van der Waals surface area contributed by atoms with Crippen LogP contribution in [0.1, 0.15) is 30.0 Å². The maximum absolute atomic E-state index is 13.3. The van der Waals surface area contributed by atoms with Gasteiger partial charge in [-0.05, 0) is 43.0 Å². The summed E-state index contributed by atoms with van der Waals surface area (Å²) in [5, 5.41) is 8.53. The maximum atomic E-state index is 13.3. The number of aromatic nitrogens is 4. The second-order valence-corrected chi connectivity index (χ2v) is 9.30. The minimum atomic E-state index is -0.203. The highest BCUT2D eigenvalue weighted by Gasteiger charge is 2.29. The first-order valence-corrected chi connectivity index (χ1v) is 12.1. The van der Waals surface area contributed by atoms with Crippen LogP contribution in [0.2, 0.25) is 0 Å². The van der Waals surface area contributed by atoms with Gasteiger partial charge >= 0.3 is 0 Å². The van der Waals surface area contributed by atoms with Crippen LogP contribution in [0, 0.1) is 6.92 Å². The Morgan fingerprint density at radius 1 is 1.18 bits per heavy atom. The molecule has 0 aliphatic carbocycles. The lowest BCUT2D eigenvalue weighted by Crippen LogP contribution is -2.31. The molecule has 1 unspecified atom stereocenters. The average Bonchev–Trinajstić information content (AvgIpc) is 3.42. The van der Waals surface area contributed by atoms with Crippen LogP contribution < -0.4 is 10.9 Å². The van der Waals surface area contributed by atoms with E-state index < -0.39 is 0 Å². The van der Waals surface area contributed by atoms with Crippen molar-refractivity contribution >= 4 is 28.7 Å². The fourth-order valence-electron chi connectivity index (χ4n) is 4.18. The third-order valence-corrected chi connectivity index (χ3v) is 6.94. The van der Waals surface area contributed by atoms with Crippen molar-refractivity contribution in [2.45, 2.75) is 37.4 Å². The first-order valence-electron chi connectivity index (χ1n) is 11.1. The Hall–Kier alpha value is -3.39. The average molecular weight is 460 g/mol. The van der Waals surface area contributed by atoms with Gasteiger partial charge in [0.05, 0.1) is 17.9 Å². The van der Waals surface area contributed by atoms with Gasteiger partial charge < -0.3 is 5.32 Å². The predicted molar refractivity (Wildman–Crippen MR) is 130 cm³/mol. The van der Waals surface area contributed by atoms with Crippen molar-refractivity contribution < 1.29 is 4.79 Å². The van der Waals surface area contributed by atoms with Crippen LogP contribution in [0.5, 0.6) is 0 Å². The van der Waals surface area contributed by atoms with Crippen LogP contribution in [0.25, 0.3) is 16.7 Å². The fourth-order valence-corrected chi connectivity index (χ4v) is 5.31. The van der Waals surface area contributed by atoms with E-state index in [-0.39, 0.29) is 23.9 Å². The molecule has 4 aromatic rings. The number of hydrogen-bond acceptors (Lipinski definition) is 5. The van der Waals surface area contributed by atoms with Crippen LogP contribution in [-0.4, -0.2) is 37.5 Å². The molecule has 0 bridgehead atoms. The first-order chi connectivity index (χ1) is 16.1. The molecule has 1 atom stereocenters. The van der Waals surface area contributed by atoms with Crippen LogP contribution in [0.4, 0.5) is 0 Å². The largest absolute Gasteiger partial charge is 0.356 e. The van der Waals surface area contributed by atoms with Crippen LogP contribution in [-0.2, 0) is 11.2 Å². The minimum Gasteiger partial charge on any atom is -0.356 e. The lowest BCUT2D eigenvalue weighted by Gasteiger charge is -2.13. The van der Waals surface area contributed by atoms with Gasteiger partial charge in [0.1, 0.15) is 5.39 Å². The third-order valence-electron chi connectivity index (χ3n) is 5.85. The summed E-state index contributed by atoms with van der Waals surface area (Å²) in [5.74, 6) is 0.619. The van der Waals surface area contributed by atoms with Gasteiger partial charge in [-0.25, -0.2) is 9.67 Å². The molecule has 0 spiro atoms. The van der Waals surface area contributed by atoms with E-state index >= 15 is 0 Å². The van der Waals surface area contributed by atoms with Crippen molar-refractivity contribution in [2.24, 2.45) is 0 Å². The van der Waals surface area contributed by atoms with Crippen molar-refractivity contribution in [3.05, 3.63) is 82.3 Å². The summed E-state index contributed by atoms with van der Waals surface area (Å²) < 4.78 is 3.37. The quantitative estimate of drug-likeness (QED) is 0.337. The van der Waals surface area contributed by atoms with Crippen LogP contribution >= 0.6 is 11.8 Å². The molecule has 1 N–H and O–H groups in total. The Labute approximate surface area is 195 Å². The Bertz CT molecular complexity index is 1360. The molecule has 2 aromatic carbocycles. The van der Waals surface area contributed by atoms with Crippen molar-refractivity contribution in [1.82, 2.24) is 24.6 Å². The SMILES string of the molecule is Cc1cccc(-n2ncc3c(=O)n4c(nc32)SCC4CC(=O)NCCCc2ccccc2)c1. The van der Waals surface area contributed by atoms with E-state index in [9.17, 15) is 9.59 Å². The molecular formula is C25H25N5O2S.